The predicted octanol–water partition coefficient (Wildman–Crippen LogP) is 2.85. The Morgan fingerprint density at radius 3 is 2.63 bits per heavy atom. The molecule has 0 radical (unpaired) electrons. The fourth-order valence-corrected chi connectivity index (χ4v) is 4.54. The zero-order chi connectivity index (χ0) is 20.9. The molecule has 2 aromatic heterocycles. The molecule has 1 atom stereocenters. The highest BCUT2D eigenvalue weighted by Crippen LogP contribution is 2.25. The van der Waals surface area contributed by atoms with E-state index in [0.29, 0.717) is 5.65 Å². The van der Waals surface area contributed by atoms with Crippen molar-refractivity contribution in [1.29, 1.82) is 0 Å². The molecule has 0 aliphatic carbocycles. The SMILES string of the molecule is Cc1nc2cc(N3CCCC(C(=O)NCCN4CCCCCC4)C3)cnc2nc1C. The van der Waals surface area contributed by atoms with Crippen molar-refractivity contribution >= 4 is 22.8 Å². The number of carbonyl (C=O) groups excluding carboxylic acids is 1. The second-order valence-electron chi connectivity index (χ2n) is 8.76. The van der Waals surface area contributed by atoms with Gasteiger partial charge in [0.15, 0.2) is 5.65 Å². The van der Waals surface area contributed by atoms with E-state index in [4.69, 9.17) is 0 Å². The van der Waals surface area contributed by atoms with E-state index in [1.54, 1.807) is 0 Å². The Morgan fingerprint density at radius 2 is 1.83 bits per heavy atom. The zero-order valence-corrected chi connectivity index (χ0v) is 18.4. The normalized spacial score (nSPS) is 20.9. The van der Waals surface area contributed by atoms with Gasteiger partial charge < -0.3 is 15.1 Å². The second kappa shape index (κ2) is 9.69. The lowest BCUT2D eigenvalue weighted by molar-refractivity contribution is -0.125. The summed E-state index contributed by atoms with van der Waals surface area (Å²) >= 11 is 0. The minimum Gasteiger partial charge on any atom is -0.369 e. The maximum absolute atomic E-state index is 12.8. The predicted molar refractivity (Wildman–Crippen MR) is 120 cm³/mol. The van der Waals surface area contributed by atoms with Crippen molar-refractivity contribution in [3.8, 4) is 0 Å². The fourth-order valence-electron chi connectivity index (χ4n) is 4.54. The fraction of sp³-hybridized carbons (Fsp3) is 0.652. The molecule has 0 spiro atoms. The first kappa shape index (κ1) is 21.0. The maximum atomic E-state index is 12.8. The molecule has 1 N–H and O–H groups in total. The molecule has 7 nitrogen and oxygen atoms in total. The summed E-state index contributed by atoms with van der Waals surface area (Å²) < 4.78 is 0. The maximum Gasteiger partial charge on any atom is 0.224 e. The molecule has 0 saturated carbocycles. The number of anilines is 1. The summed E-state index contributed by atoms with van der Waals surface area (Å²) in [6.45, 7) is 9.67. The van der Waals surface area contributed by atoms with Crippen LogP contribution in [0.1, 0.15) is 49.9 Å². The summed E-state index contributed by atoms with van der Waals surface area (Å²) in [6.07, 6.45) is 9.09. The Balaban J connectivity index is 1.34. The van der Waals surface area contributed by atoms with E-state index >= 15 is 0 Å². The van der Waals surface area contributed by atoms with Gasteiger partial charge in [-0.2, -0.15) is 0 Å². The van der Waals surface area contributed by atoms with E-state index < -0.39 is 0 Å². The van der Waals surface area contributed by atoms with Crippen molar-refractivity contribution in [3.05, 3.63) is 23.7 Å². The molecule has 4 rings (SSSR count). The third kappa shape index (κ3) is 5.06. The molecule has 2 saturated heterocycles. The molecule has 4 heterocycles. The van der Waals surface area contributed by atoms with Crippen molar-refractivity contribution in [2.24, 2.45) is 5.92 Å². The van der Waals surface area contributed by atoms with Gasteiger partial charge in [0.25, 0.3) is 0 Å². The van der Waals surface area contributed by atoms with Crippen LogP contribution in [0.3, 0.4) is 0 Å². The van der Waals surface area contributed by atoms with Gasteiger partial charge in [0.05, 0.1) is 29.2 Å². The molecule has 2 fully saturated rings. The topological polar surface area (TPSA) is 74.2 Å². The quantitative estimate of drug-likeness (QED) is 0.817. The van der Waals surface area contributed by atoms with Crippen LogP contribution in [0.5, 0.6) is 0 Å². The highest BCUT2D eigenvalue weighted by atomic mass is 16.1. The number of aromatic nitrogens is 3. The zero-order valence-electron chi connectivity index (χ0n) is 18.4. The Bertz CT molecular complexity index is 877. The molecule has 2 aliphatic rings. The van der Waals surface area contributed by atoms with Gasteiger partial charge in [0.2, 0.25) is 5.91 Å². The number of fused-ring (bicyclic) bond motifs is 1. The van der Waals surface area contributed by atoms with Crippen LogP contribution in [0, 0.1) is 19.8 Å². The first-order valence-electron chi connectivity index (χ1n) is 11.5. The molecule has 1 amide bonds. The minimum atomic E-state index is 0.0319. The van der Waals surface area contributed by atoms with E-state index in [9.17, 15) is 4.79 Å². The number of carbonyl (C=O) groups is 1. The van der Waals surface area contributed by atoms with Crippen molar-refractivity contribution in [2.75, 3.05) is 44.2 Å². The highest BCUT2D eigenvalue weighted by molar-refractivity contribution is 5.80. The number of likely N-dealkylation sites (tertiary alicyclic amines) is 1. The van der Waals surface area contributed by atoms with Gasteiger partial charge in [0.1, 0.15) is 5.52 Å². The monoisotopic (exact) mass is 410 g/mol. The Morgan fingerprint density at radius 1 is 1.07 bits per heavy atom. The van der Waals surface area contributed by atoms with Gasteiger partial charge in [-0.1, -0.05) is 12.8 Å². The van der Waals surface area contributed by atoms with Crippen molar-refractivity contribution in [2.45, 2.75) is 52.4 Å². The smallest absolute Gasteiger partial charge is 0.224 e. The van der Waals surface area contributed by atoms with Gasteiger partial charge in [0, 0.05) is 26.2 Å². The highest BCUT2D eigenvalue weighted by Gasteiger charge is 2.26. The molecule has 0 aromatic carbocycles. The summed E-state index contributed by atoms with van der Waals surface area (Å²) in [5, 5.41) is 3.19. The van der Waals surface area contributed by atoms with Gasteiger partial charge in [-0.15, -0.1) is 0 Å². The van der Waals surface area contributed by atoms with Gasteiger partial charge >= 0.3 is 0 Å². The third-order valence-corrected chi connectivity index (χ3v) is 6.50. The number of hydrogen-bond acceptors (Lipinski definition) is 6. The molecule has 1 unspecified atom stereocenters. The van der Waals surface area contributed by atoms with Crippen LogP contribution in [-0.2, 0) is 4.79 Å². The average Bonchev–Trinajstić information content (AvgIpc) is 3.03. The molecule has 30 heavy (non-hydrogen) atoms. The van der Waals surface area contributed by atoms with E-state index in [1.807, 2.05) is 20.0 Å². The Labute approximate surface area is 179 Å². The molecule has 0 bridgehead atoms. The van der Waals surface area contributed by atoms with Crippen LogP contribution in [0.25, 0.3) is 11.2 Å². The van der Waals surface area contributed by atoms with E-state index in [0.717, 1.165) is 61.6 Å². The number of hydrogen-bond donors (Lipinski definition) is 1. The van der Waals surface area contributed by atoms with Gasteiger partial charge in [-0.05, 0) is 58.7 Å². The molecule has 2 aliphatic heterocycles. The number of aryl methyl sites for hydroxylation is 2. The number of nitrogens with one attached hydrogen (secondary N) is 1. The van der Waals surface area contributed by atoms with Crippen LogP contribution < -0.4 is 10.2 Å². The van der Waals surface area contributed by atoms with Gasteiger partial charge in [-0.25, -0.2) is 15.0 Å². The van der Waals surface area contributed by atoms with E-state index in [1.165, 1.54) is 38.8 Å². The summed E-state index contributed by atoms with van der Waals surface area (Å²) in [4.78, 5) is 31.2. The largest absolute Gasteiger partial charge is 0.369 e. The number of rotatable bonds is 5. The van der Waals surface area contributed by atoms with Gasteiger partial charge in [-0.3, -0.25) is 4.79 Å². The van der Waals surface area contributed by atoms with E-state index in [-0.39, 0.29) is 11.8 Å². The van der Waals surface area contributed by atoms with Crippen LogP contribution in [0.2, 0.25) is 0 Å². The van der Waals surface area contributed by atoms with Crippen LogP contribution >= 0.6 is 0 Å². The molecule has 2 aromatic rings. The molecule has 162 valence electrons. The number of pyridine rings is 1. The summed E-state index contributed by atoms with van der Waals surface area (Å²) in [5.41, 5.74) is 4.38. The lowest BCUT2D eigenvalue weighted by atomic mass is 9.96. The van der Waals surface area contributed by atoms with Crippen LogP contribution in [0.15, 0.2) is 12.3 Å². The molecular formula is C23H34N6O. The minimum absolute atomic E-state index is 0.0319. The summed E-state index contributed by atoms with van der Waals surface area (Å²) in [5.74, 6) is 0.221. The number of nitrogens with zero attached hydrogens (tertiary/aromatic N) is 5. The van der Waals surface area contributed by atoms with E-state index in [2.05, 4.69) is 36.1 Å². The molecule has 7 heteroatoms. The first-order valence-corrected chi connectivity index (χ1v) is 11.5. The Hall–Kier alpha value is -2.28. The lowest BCUT2D eigenvalue weighted by Crippen LogP contribution is -2.45. The van der Waals surface area contributed by atoms with Crippen LogP contribution in [-0.4, -0.2) is 65.0 Å². The van der Waals surface area contributed by atoms with Crippen molar-refractivity contribution in [1.82, 2.24) is 25.2 Å². The number of amides is 1. The lowest BCUT2D eigenvalue weighted by Gasteiger charge is -2.33. The Kier molecular flexibility index (Phi) is 6.77. The van der Waals surface area contributed by atoms with Crippen molar-refractivity contribution in [3.63, 3.8) is 0 Å². The second-order valence-corrected chi connectivity index (χ2v) is 8.76. The summed E-state index contributed by atoms with van der Waals surface area (Å²) in [6, 6.07) is 2.06. The number of piperidine rings is 1. The third-order valence-electron chi connectivity index (χ3n) is 6.50. The summed E-state index contributed by atoms with van der Waals surface area (Å²) in [7, 11) is 0. The molecular weight excluding hydrogens is 376 g/mol. The van der Waals surface area contributed by atoms with Crippen molar-refractivity contribution < 1.29 is 4.79 Å². The first-order chi connectivity index (χ1) is 14.6. The van der Waals surface area contributed by atoms with Crippen LogP contribution in [0.4, 0.5) is 5.69 Å². The standard InChI is InChI=1S/C23H34N6O/c1-17-18(2)27-22-21(26-17)14-20(15-25-22)29-12-7-8-19(16-29)23(30)24-9-13-28-10-5-3-4-6-11-28/h14-15,19H,3-13,16H2,1-2H3,(H,24,30). The average molecular weight is 411 g/mol.